The van der Waals surface area contributed by atoms with E-state index in [0.717, 1.165) is 10.0 Å². The highest BCUT2D eigenvalue weighted by Gasteiger charge is 2.28. The zero-order valence-corrected chi connectivity index (χ0v) is 19.9. The molecular weight excluding hydrogens is 492 g/mol. The summed E-state index contributed by atoms with van der Waals surface area (Å²) in [6.45, 7) is 4.44. The van der Waals surface area contributed by atoms with E-state index in [0.29, 0.717) is 23.6 Å². The van der Waals surface area contributed by atoms with Crippen LogP contribution in [0.5, 0.6) is 5.75 Å². The van der Waals surface area contributed by atoms with E-state index < -0.39 is 9.84 Å². The highest BCUT2D eigenvalue weighted by atomic mass is 79.9. The molecule has 0 aliphatic carbocycles. The molecule has 1 N–H and O–H groups in total. The number of benzene rings is 3. The first kappa shape index (κ1) is 22.1. The van der Waals surface area contributed by atoms with E-state index in [9.17, 15) is 8.42 Å². The van der Waals surface area contributed by atoms with Crippen LogP contribution in [0.15, 0.2) is 91.6 Å². The number of aromatic nitrogens is 1. The van der Waals surface area contributed by atoms with Crippen LogP contribution < -0.4 is 10.1 Å². The Hall–Kier alpha value is -3.10. The van der Waals surface area contributed by atoms with Crippen molar-refractivity contribution in [1.82, 2.24) is 4.98 Å². The van der Waals surface area contributed by atoms with Crippen molar-refractivity contribution < 1.29 is 17.6 Å². The van der Waals surface area contributed by atoms with Gasteiger partial charge in [0.05, 0.1) is 11.5 Å². The van der Waals surface area contributed by atoms with Gasteiger partial charge in [0, 0.05) is 15.7 Å². The number of nitrogens with one attached hydrogen (secondary N) is 1. The predicted molar refractivity (Wildman–Crippen MR) is 127 cm³/mol. The molecule has 3 aromatic carbocycles. The summed E-state index contributed by atoms with van der Waals surface area (Å²) in [6, 6.07) is 21.1. The van der Waals surface area contributed by atoms with Crippen LogP contribution in [-0.4, -0.2) is 20.0 Å². The van der Waals surface area contributed by atoms with E-state index in [1.807, 2.05) is 38.1 Å². The third kappa shape index (κ3) is 4.71. The minimum Gasteiger partial charge on any atom is -0.494 e. The molecule has 0 bridgehead atoms. The van der Waals surface area contributed by atoms with Gasteiger partial charge in [-0.2, -0.15) is 4.98 Å². The van der Waals surface area contributed by atoms with Crippen LogP contribution in [0.25, 0.3) is 11.5 Å². The summed E-state index contributed by atoms with van der Waals surface area (Å²) in [5.41, 5.74) is 2.42. The molecule has 0 aliphatic heterocycles. The van der Waals surface area contributed by atoms with Gasteiger partial charge in [-0.15, -0.1) is 0 Å². The van der Waals surface area contributed by atoms with Crippen LogP contribution in [-0.2, 0) is 9.84 Å². The van der Waals surface area contributed by atoms with Crippen molar-refractivity contribution in [2.24, 2.45) is 0 Å². The molecule has 0 saturated heterocycles. The fourth-order valence-electron chi connectivity index (χ4n) is 3.04. The maximum absolute atomic E-state index is 13.4. The van der Waals surface area contributed by atoms with Crippen molar-refractivity contribution in [3.63, 3.8) is 0 Å². The van der Waals surface area contributed by atoms with E-state index in [1.54, 1.807) is 36.4 Å². The SMILES string of the molecule is CCOc1ccc(-c2nc(S(=O)(=O)c3ccc(Br)cc3)c(Nc3ccc(C)cc3)o2)cc1. The molecule has 0 unspecified atom stereocenters. The normalized spacial score (nSPS) is 11.3. The van der Waals surface area contributed by atoms with Crippen LogP contribution >= 0.6 is 15.9 Å². The van der Waals surface area contributed by atoms with Gasteiger partial charge in [-0.1, -0.05) is 33.6 Å². The Morgan fingerprint density at radius 1 is 0.969 bits per heavy atom. The number of oxazole rings is 1. The van der Waals surface area contributed by atoms with Gasteiger partial charge in [-0.3, -0.25) is 0 Å². The molecule has 0 spiro atoms. The summed E-state index contributed by atoms with van der Waals surface area (Å²) in [4.78, 5) is 4.49. The number of hydrogen-bond acceptors (Lipinski definition) is 6. The monoisotopic (exact) mass is 512 g/mol. The quantitative estimate of drug-likeness (QED) is 0.309. The van der Waals surface area contributed by atoms with E-state index in [4.69, 9.17) is 9.15 Å². The Balaban J connectivity index is 1.79. The van der Waals surface area contributed by atoms with Gasteiger partial charge in [0.25, 0.3) is 0 Å². The standard InChI is InChI=1S/C24H21BrN2O4S/c1-3-30-20-12-6-17(7-13-20)22-27-24(32(28,29)21-14-8-18(25)9-15-21)23(31-22)26-19-10-4-16(2)5-11-19/h4-15,26H,3H2,1-2H3. The Morgan fingerprint density at radius 2 is 1.62 bits per heavy atom. The maximum atomic E-state index is 13.4. The topological polar surface area (TPSA) is 81.4 Å². The molecule has 0 saturated carbocycles. The second-order valence-corrected chi connectivity index (χ2v) is 9.84. The molecule has 1 heterocycles. The first-order valence-corrected chi connectivity index (χ1v) is 12.2. The number of anilines is 2. The Labute approximate surface area is 195 Å². The molecule has 4 aromatic rings. The van der Waals surface area contributed by atoms with E-state index in [1.165, 1.54) is 12.1 Å². The van der Waals surface area contributed by atoms with E-state index in [2.05, 4.69) is 26.2 Å². The minimum atomic E-state index is -3.93. The summed E-state index contributed by atoms with van der Waals surface area (Å²) in [5, 5.41) is 2.89. The number of rotatable bonds is 7. The summed E-state index contributed by atoms with van der Waals surface area (Å²) in [6.07, 6.45) is 0. The fraction of sp³-hybridized carbons (Fsp3) is 0.125. The molecule has 32 heavy (non-hydrogen) atoms. The molecule has 0 aliphatic rings. The molecule has 0 amide bonds. The second-order valence-electron chi connectivity index (χ2n) is 7.06. The first-order valence-electron chi connectivity index (χ1n) is 9.95. The molecule has 4 rings (SSSR count). The average molecular weight is 513 g/mol. The Bertz CT molecular complexity index is 1310. The lowest BCUT2D eigenvalue weighted by Gasteiger charge is -2.06. The molecular formula is C24H21BrN2O4S. The van der Waals surface area contributed by atoms with Gasteiger partial charge >= 0.3 is 0 Å². The predicted octanol–water partition coefficient (Wildman–Crippen LogP) is 6.39. The average Bonchev–Trinajstić information content (AvgIpc) is 3.21. The van der Waals surface area contributed by atoms with Crippen LogP contribution in [0, 0.1) is 6.92 Å². The molecule has 6 nitrogen and oxygen atoms in total. The number of nitrogens with zero attached hydrogens (tertiary/aromatic N) is 1. The van der Waals surface area contributed by atoms with E-state index >= 15 is 0 Å². The van der Waals surface area contributed by atoms with Gasteiger partial charge < -0.3 is 14.5 Å². The molecule has 164 valence electrons. The number of sulfone groups is 1. The smallest absolute Gasteiger partial charge is 0.238 e. The van der Waals surface area contributed by atoms with Crippen molar-refractivity contribution in [2.45, 2.75) is 23.8 Å². The van der Waals surface area contributed by atoms with Crippen LogP contribution in [0.1, 0.15) is 12.5 Å². The number of ether oxygens (including phenoxy) is 1. The van der Waals surface area contributed by atoms with Crippen molar-refractivity contribution in [3.05, 3.63) is 82.8 Å². The highest BCUT2D eigenvalue weighted by molar-refractivity contribution is 9.10. The van der Waals surface area contributed by atoms with Crippen molar-refractivity contribution in [1.29, 1.82) is 0 Å². The number of halogens is 1. The first-order chi connectivity index (χ1) is 15.4. The minimum absolute atomic E-state index is 0.0562. The lowest BCUT2D eigenvalue weighted by molar-refractivity contribution is 0.340. The second kappa shape index (κ2) is 9.18. The van der Waals surface area contributed by atoms with Crippen molar-refractivity contribution in [2.75, 3.05) is 11.9 Å². The zero-order valence-electron chi connectivity index (χ0n) is 17.5. The number of aryl methyl sites for hydroxylation is 1. The third-order valence-corrected chi connectivity index (χ3v) is 6.90. The van der Waals surface area contributed by atoms with Gasteiger partial charge in [0.1, 0.15) is 5.75 Å². The summed E-state index contributed by atoms with van der Waals surface area (Å²) in [5.74, 6) is 0.961. The molecule has 1 aromatic heterocycles. The summed E-state index contributed by atoms with van der Waals surface area (Å²) in [7, 11) is -3.93. The van der Waals surface area contributed by atoms with Crippen LogP contribution in [0.3, 0.4) is 0 Å². The highest BCUT2D eigenvalue weighted by Crippen LogP contribution is 2.35. The Morgan fingerprint density at radius 3 is 2.25 bits per heavy atom. The molecule has 0 radical (unpaired) electrons. The largest absolute Gasteiger partial charge is 0.494 e. The molecule has 0 fully saturated rings. The summed E-state index contributed by atoms with van der Waals surface area (Å²) >= 11 is 3.33. The van der Waals surface area contributed by atoms with Crippen LogP contribution in [0.2, 0.25) is 0 Å². The summed E-state index contributed by atoms with van der Waals surface area (Å²) < 4.78 is 39.0. The van der Waals surface area contributed by atoms with E-state index in [-0.39, 0.29) is 21.7 Å². The van der Waals surface area contributed by atoms with Gasteiger partial charge in [0.2, 0.25) is 26.6 Å². The fourth-order valence-corrected chi connectivity index (χ4v) is 4.57. The number of hydrogen-bond donors (Lipinski definition) is 1. The Kier molecular flexibility index (Phi) is 6.34. The lowest BCUT2D eigenvalue weighted by atomic mass is 10.2. The van der Waals surface area contributed by atoms with Crippen LogP contribution in [0.4, 0.5) is 11.6 Å². The zero-order chi connectivity index (χ0) is 22.7. The van der Waals surface area contributed by atoms with Gasteiger partial charge in [-0.25, -0.2) is 8.42 Å². The van der Waals surface area contributed by atoms with Gasteiger partial charge in [-0.05, 0) is 74.5 Å². The molecule has 8 heteroatoms. The third-order valence-electron chi connectivity index (χ3n) is 4.70. The maximum Gasteiger partial charge on any atom is 0.238 e. The van der Waals surface area contributed by atoms with Gasteiger partial charge in [0.15, 0.2) is 0 Å². The lowest BCUT2D eigenvalue weighted by Crippen LogP contribution is -2.05. The van der Waals surface area contributed by atoms with Crippen molar-refractivity contribution in [3.8, 4) is 17.2 Å². The van der Waals surface area contributed by atoms with Crippen molar-refractivity contribution >= 4 is 37.3 Å². The molecule has 0 atom stereocenters.